The zero-order valence-corrected chi connectivity index (χ0v) is 14.0. The molecule has 0 heterocycles. The molecule has 0 radical (unpaired) electrons. The van der Waals surface area contributed by atoms with Gasteiger partial charge in [-0.3, -0.25) is 9.59 Å². The van der Waals surface area contributed by atoms with Gasteiger partial charge in [-0.15, -0.1) is 0 Å². The zero-order chi connectivity index (χ0) is 15.6. The minimum absolute atomic E-state index is 0. The Labute approximate surface area is 125 Å². The van der Waals surface area contributed by atoms with Crippen molar-refractivity contribution in [2.75, 3.05) is 6.54 Å². The lowest BCUT2D eigenvalue weighted by Crippen LogP contribution is -2.40. The summed E-state index contributed by atoms with van der Waals surface area (Å²) >= 11 is 0. The molecule has 0 bridgehead atoms. The molecule has 1 fully saturated rings. The Hall–Kier alpha value is -0.860. The molecule has 1 rings (SSSR count). The number of rotatable bonds is 3. The van der Waals surface area contributed by atoms with Crippen LogP contribution in [-0.2, 0) is 9.59 Å². The van der Waals surface area contributed by atoms with E-state index in [2.05, 4.69) is 5.32 Å². The average molecular weight is 283 g/mol. The summed E-state index contributed by atoms with van der Waals surface area (Å²) in [5, 5.41) is 3.04. The Kier molecular flexibility index (Phi) is 5.39. The Morgan fingerprint density at radius 1 is 1.05 bits per heavy atom. The molecule has 2 unspecified atom stereocenters. The smallest absolute Gasteiger partial charge is 0.225 e. The molecule has 0 spiro atoms. The number of hydrogen-bond donors (Lipinski definition) is 1. The summed E-state index contributed by atoms with van der Waals surface area (Å²) < 4.78 is 0. The first-order chi connectivity index (χ1) is 9.01. The fraction of sp³-hybridized carbons (Fsp3) is 0.882. The normalized spacial score (nSPS) is 24.3. The summed E-state index contributed by atoms with van der Waals surface area (Å²) in [5.74, 6) is 1.11. The summed E-state index contributed by atoms with van der Waals surface area (Å²) in [4.78, 5) is 24.3. The minimum atomic E-state index is -0.338. The van der Waals surface area contributed by atoms with Gasteiger partial charge in [-0.1, -0.05) is 48.0 Å². The lowest BCUT2D eigenvalue weighted by molar-refractivity contribution is -0.132. The number of hydrogen-bond acceptors (Lipinski definition) is 2. The summed E-state index contributed by atoms with van der Waals surface area (Å²) in [5.41, 5.74) is -0.587. The van der Waals surface area contributed by atoms with Gasteiger partial charge in [0.1, 0.15) is 5.78 Å². The summed E-state index contributed by atoms with van der Waals surface area (Å²) in [6, 6.07) is 0. The lowest BCUT2D eigenvalue weighted by atomic mass is 9.73. The van der Waals surface area contributed by atoms with Crippen LogP contribution in [-0.4, -0.2) is 18.2 Å². The minimum Gasteiger partial charge on any atom is -0.355 e. The van der Waals surface area contributed by atoms with Gasteiger partial charge in [-0.05, 0) is 25.2 Å². The van der Waals surface area contributed by atoms with Crippen LogP contribution in [0, 0.1) is 22.7 Å². The molecular formula is C17H33NO2. The predicted molar refractivity (Wildman–Crippen MR) is 84.5 cm³/mol. The van der Waals surface area contributed by atoms with Crippen LogP contribution in [0.1, 0.15) is 68.7 Å². The molecule has 1 amide bonds. The fourth-order valence-corrected chi connectivity index (χ4v) is 2.83. The van der Waals surface area contributed by atoms with E-state index in [1.165, 1.54) is 0 Å². The highest BCUT2D eigenvalue weighted by molar-refractivity contribution is 5.86. The van der Waals surface area contributed by atoms with Crippen molar-refractivity contribution in [2.24, 2.45) is 22.7 Å². The molecule has 1 aliphatic carbocycles. The van der Waals surface area contributed by atoms with Crippen molar-refractivity contribution >= 4 is 11.7 Å². The van der Waals surface area contributed by atoms with Gasteiger partial charge >= 0.3 is 0 Å². The van der Waals surface area contributed by atoms with Gasteiger partial charge in [0.2, 0.25) is 5.91 Å². The highest BCUT2D eigenvalue weighted by Gasteiger charge is 2.33. The molecule has 3 heteroatoms. The van der Waals surface area contributed by atoms with Gasteiger partial charge in [0.25, 0.3) is 0 Å². The van der Waals surface area contributed by atoms with Crippen molar-refractivity contribution < 1.29 is 11.0 Å². The van der Waals surface area contributed by atoms with Gasteiger partial charge in [0.05, 0.1) is 0 Å². The van der Waals surface area contributed by atoms with Crippen LogP contribution in [0.5, 0.6) is 0 Å². The van der Waals surface area contributed by atoms with E-state index in [4.69, 9.17) is 0 Å². The molecule has 3 nitrogen and oxygen atoms in total. The van der Waals surface area contributed by atoms with Crippen molar-refractivity contribution in [1.82, 2.24) is 5.32 Å². The molecule has 0 aliphatic heterocycles. The number of Topliss-reactive ketones (excluding diaryl/α,β-unsaturated/α-hetero) is 1. The third kappa shape index (κ3) is 4.92. The quantitative estimate of drug-likeness (QED) is 0.856. The van der Waals surface area contributed by atoms with Gasteiger partial charge in [0.15, 0.2) is 0 Å². The number of carbonyl (C=O) groups is 2. The van der Waals surface area contributed by atoms with E-state index < -0.39 is 0 Å². The van der Waals surface area contributed by atoms with Crippen molar-refractivity contribution in [3.8, 4) is 0 Å². The van der Waals surface area contributed by atoms with E-state index in [-0.39, 0.29) is 24.1 Å². The van der Waals surface area contributed by atoms with Crippen molar-refractivity contribution in [3.63, 3.8) is 0 Å². The molecule has 0 aromatic rings. The number of carbonyl (C=O) groups excluding carboxylic acids is 2. The van der Waals surface area contributed by atoms with Crippen LogP contribution in [0.2, 0.25) is 0 Å². The molecule has 0 aromatic heterocycles. The monoisotopic (exact) mass is 283 g/mol. The van der Waals surface area contributed by atoms with Gasteiger partial charge in [-0.2, -0.15) is 0 Å². The Balaban J connectivity index is 0.00000400. The molecule has 118 valence electrons. The van der Waals surface area contributed by atoms with Gasteiger partial charge in [0, 0.05) is 24.7 Å². The number of nitrogens with one attached hydrogen (secondary N) is 1. The topological polar surface area (TPSA) is 46.2 Å². The van der Waals surface area contributed by atoms with Crippen LogP contribution in [0.3, 0.4) is 0 Å². The van der Waals surface area contributed by atoms with E-state index in [0.717, 1.165) is 25.7 Å². The second-order valence-corrected chi connectivity index (χ2v) is 8.30. The number of ketones is 1. The maximum atomic E-state index is 12.4. The van der Waals surface area contributed by atoms with Crippen LogP contribution >= 0.6 is 0 Å². The maximum Gasteiger partial charge on any atom is 0.225 e. The fourth-order valence-electron chi connectivity index (χ4n) is 2.83. The molecule has 1 N–H and O–H groups in total. The highest BCUT2D eigenvalue weighted by Crippen LogP contribution is 2.34. The lowest BCUT2D eigenvalue weighted by Gasteiger charge is -2.32. The van der Waals surface area contributed by atoms with E-state index >= 15 is 0 Å². The Morgan fingerprint density at radius 2 is 1.65 bits per heavy atom. The van der Waals surface area contributed by atoms with Crippen molar-refractivity contribution in [1.29, 1.82) is 0 Å². The standard InChI is InChI=1S/C17H31NO2.H2/c1-16(2,3)14(19)13-9-7-8-12(10-13)11-18-15(20)17(4,5)6;/h12-13H,7-11H2,1-6H3,(H,18,20);1H. The Bertz CT molecular complexity index is 366. The first-order valence-corrected chi connectivity index (χ1v) is 7.84. The third-order valence-electron chi connectivity index (χ3n) is 4.13. The van der Waals surface area contributed by atoms with E-state index in [9.17, 15) is 9.59 Å². The van der Waals surface area contributed by atoms with Crippen LogP contribution < -0.4 is 5.32 Å². The summed E-state index contributed by atoms with van der Waals surface area (Å²) in [6.45, 7) is 12.5. The van der Waals surface area contributed by atoms with E-state index in [0.29, 0.717) is 18.2 Å². The largest absolute Gasteiger partial charge is 0.355 e. The van der Waals surface area contributed by atoms with E-state index in [1.807, 2.05) is 41.5 Å². The first-order valence-electron chi connectivity index (χ1n) is 7.84. The van der Waals surface area contributed by atoms with E-state index in [1.54, 1.807) is 0 Å². The SMILES string of the molecule is CC(C)(C)C(=O)NCC1CCCC(C(=O)C(C)(C)C)C1.[HH]. The van der Waals surface area contributed by atoms with Crippen molar-refractivity contribution in [2.45, 2.75) is 67.2 Å². The third-order valence-corrected chi connectivity index (χ3v) is 4.13. The van der Waals surface area contributed by atoms with Crippen LogP contribution in [0.4, 0.5) is 0 Å². The molecule has 0 aromatic carbocycles. The molecule has 1 saturated carbocycles. The predicted octanol–water partition coefficient (Wildman–Crippen LogP) is 3.82. The Morgan fingerprint density at radius 3 is 2.15 bits per heavy atom. The van der Waals surface area contributed by atoms with Crippen LogP contribution in [0.15, 0.2) is 0 Å². The molecule has 2 atom stereocenters. The van der Waals surface area contributed by atoms with Gasteiger partial charge < -0.3 is 5.32 Å². The van der Waals surface area contributed by atoms with Gasteiger partial charge in [-0.25, -0.2) is 0 Å². The molecule has 1 aliphatic rings. The zero-order valence-electron chi connectivity index (χ0n) is 14.0. The maximum absolute atomic E-state index is 12.4. The molecule has 0 saturated heterocycles. The number of amides is 1. The molecule has 20 heavy (non-hydrogen) atoms. The highest BCUT2D eigenvalue weighted by atomic mass is 16.2. The first kappa shape index (κ1) is 17.2. The summed E-state index contributed by atoms with van der Waals surface area (Å²) in [6.07, 6.45) is 4.17. The second kappa shape index (κ2) is 6.28. The summed E-state index contributed by atoms with van der Waals surface area (Å²) in [7, 11) is 0. The van der Waals surface area contributed by atoms with Crippen LogP contribution in [0.25, 0.3) is 0 Å². The second-order valence-electron chi connectivity index (χ2n) is 8.30. The molecular weight excluding hydrogens is 250 g/mol. The van der Waals surface area contributed by atoms with Crippen molar-refractivity contribution in [3.05, 3.63) is 0 Å². The average Bonchev–Trinajstić information content (AvgIpc) is 2.33.